The van der Waals surface area contributed by atoms with Crippen LogP contribution >= 0.6 is 0 Å². The summed E-state index contributed by atoms with van der Waals surface area (Å²) in [5, 5.41) is 0. The van der Waals surface area contributed by atoms with Crippen molar-refractivity contribution < 1.29 is 28.6 Å². The number of carbonyl (C=O) groups is 3. The van der Waals surface area contributed by atoms with Crippen molar-refractivity contribution in [3.8, 4) is 0 Å². The van der Waals surface area contributed by atoms with Gasteiger partial charge in [-0.1, -0.05) is 313 Å². The molecule has 0 heterocycles. The molecular formula is C74H136O6. The molecule has 0 aliphatic rings. The lowest BCUT2D eigenvalue weighted by Gasteiger charge is -2.18. The first-order valence-electron chi connectivity index (χ1n) is 35.6. The molecule has 0 aromatic rings. The molecule has 0 aromatic carbocycles. The zero-order valence-electron chi connectivity index (χ0n) is 53.9. The van der Waals surface area contributed by atoms with E-state index in [0.29, 0.717) is 19.3 Å². The number of ether oxygens (including phenoxy) is 3. The third-order valence-electron chi connectivity index (χ3n) is 16.0. The van der Waals surface area contributed by atoms with E-state index in [0.717, 1.165) is 70.6 Å². The first-order chi connectivity index (χ1) is 39.5. The van der Waals surface area contributed by atoms with Crippen LogP contribution in [0.2, 0.25) is 0 Å². The van der Waals surface area contributed by atoms with Gasteiger partial charge in [0.15, 0.2) is 6.10 Å². The Hall–Kier alpha value is -2.63. The van der Waals surface area contributed by atoms with Crippen LogP contribution in [0.25, 0.3) is 0 Å². The molecule has 0 saturated heterocycles. The zero-order chi connectivity index (χ0) is 57.8. The molecule has 6 heteroatoms. The van der Waals surface area contributed by atoms with Crippen molar-refractivity contribution in [2.24, 2.45) is 0 Å². The fourth-order valence-electron chi connectivity index (χ4n) is 10.6. The van der Waals surface area contributed by atoms with E-state index in [9.17, 15) is 14.4 Å². The highest BCUT2D eigenvalue weighted by Crippen LogP contribution is 2.18. The largest absolute Gasteiger partial charge is 0.462 e. The Bertz CT molecular complexity index is 1380. The van der Waals surface area contributed by atoms with Crippen molar-refractivity contribution in [1.29, 1.82) is 0 Å². The molecule has 0 rings (SSSR count). The number of hydrogen-bond donors (Lipinski definition) is 0. The van der Waals surface area contributed by atoms with Gasteiger partial charge < -0.3 is 14.2 Å². The number of allylic oxidation sites excluding steroid dienone is 8. The Balaban J connectivity index is 4.25. The highest BCUT2D eigenvalue weighted by Gasteiger charge is 2.19. The van der Waals surface area contributed by atoms with Gasteiger partial charge in [-0.2, -0.15) is 0 Å². The van der Waals surface area contributed by atoms with Gasteiger partial charge in [-0.05, 0) is 103 Å². The lowest BCUT2D eigenvalue weighted by atomic mass is 10.0. The standard InChI is InChI=1S/C74H136O6/c1-4-7-10-13-16-19-22-25-28-30-32-34-35-36-37-38-39-41-42-44-46-49-52-55-58-61-64-67-73(76)79-70-71(69-78-72(75)66-63-60-57-54-51-48-27-24-21-18-15-12-9-6-3)80-74(77)68-65-62-59-56-53-50-47-45-43-40-33-31-29-26-23-20-17-14-11-8-5-2/h22,24-25,27,30-33,71H,4-21,23,26,28-29,34-70H2,1-3H3/b25-22-,27-24-,32-30-,33-31-. The molecule has 0 bridgehead atoms. The third kappa shape index (κ3) is 66.2. The molecule has 0 radical (unpaired) electrons. The summed E-state index contributed by atoms with van der Waals surface area (Å²) >= 11 is 0. The highest BCUT2D eigenvalue weighted by molar-refractivity contribution is 5.71. The number of esters is 3. The van der Waals surface area contributed by atoms with Gasteiger partial charge in [0, 0.05) is 19.3 Å². The van der Waals surface area contributed by atoms with Crippen LogP contribution in [0.4, 0.5) is 0 Å². The Morgan fingerprint density at radius 2 is 0.450 bits per heavy atom. The molecule has 0 amide bonds. The fraction of sp³-hybridized carbons (Fsp3) is 0.851. The zero-order valence-corrected chi connectivity index (χ0v) is 53.9. The van der Waals surface area contributed by atoms with Gasteiger partial charge in [-0.3, -0.25) is 14.4 Å². The minimum atomic E-state index is -0.778. The molecule has 0 N–H and O–H groups in total. The average molecular weight is 1120 g/mol. The van der Waals surface area contributed by atoms with Crippen LogP contribution in [0.3, 0.4) is 0 Å². The Labute approximate surface area is 498 Å². The molecule has 468 valence electrons. The van der Waals surface area contributed by atoms with Crippen LogP contribution in [0.15, 0.2) is 48.6 Å². The van der Waals surface area contributed by atoms with Crippen LogP contribution < -0.4 is 0 Å². The van der Waals surface area contributed by atoms with Gasteiger partial charge in [0.05, 0.1) is 0 Å². The highest BCUT2D eigenvalue weighted by atomic mass is 16.6. The second kappa shape index (κ2) is 68.9. The van der Waals surface area contributed by atoms with E-state index in [2.05, 4.69) is 69.4 Å². The van der Waals surface area contributed by atoms with E-state index in [1.165, 1.54) is 276 Å². The summed E-state index contributed by atoms with van der Waals surface area (Å²) in [4.78, 5) is 38.4. The summed E-state index contributed by atoms with van der Waals surface area (Å²) in [5.74, 6) is -0.859. The van der Waals surface area contributed by atoms with Crippen LogP contribution in [-0.2, 0) is 28.6 Å². The molecule has 0 fully saturated rings. The minimum Gasteiger partial charge on any atom is -0.462 e. The third-order valence-corrected chi connectivity index (χ3v) is 16.0. The number of rotatable bonds is 66. The van der Waals surface area contributed by atoms with Crippen molar-refractivity contribution in [3.05, 3.63) is 48.6 Å². The molecule has 0 aliphatic carbocycles. The summed E-state index contributed by atoms with van der Waals surface area (Å²) < 4.78 is 17.0. The van der Waals surface area contributed by atoms with Gasteiger partial charge in [0.25, 0.3) is 0 Å². The summed E-state index contributed by atoms with van der Waals surface area (Å²) in [5.41, 5.74) is 0. The van der Waals surface area contributed by atoms with Crippen molar-refractivity contribution in [2.45, 2.75) is 393 Å². The van der Waals surface area contributed by atoms with Gasteiger partial charge >= 0.3 is 17.9 Å². The van der Waals surface area contributed by atoms with E-state index in [4.69, 9.17) is 14.2 Å². The summed E-state index contributed by atoms with van der Waals surface area (Å²) in [6, 6.07) is 0. The predicted molar refractivity (Wildman–Crippen MR) is 349 cm³/mol. The molecule has 0 saturated carbocycles. The Morgan fingerprint density at radius 1 is 0.250 bits per heavy atom. The minimum absolute atomic E-state index is 0.0730. The quantitative estimate of drug-likeness (QED) is 0.0261. The molecule has 0 spiro atoms. The van der Waals surface area contributed by atoms with Crippen LogP contribution in [0.5, 0.6) is 0 Å². The Kier molecular flexibility index (Phi) is 66.6. The van der Waals surface area contributed by atoms with Gasteiger partial charge in [0.1, 0.15) is 13.2 Å². The lowest BCUT2D eigenvalue weighted by molar-refractivity contribution is -0.167. The molecular weight excluding hydrogens is 985 g/mol. The summed E-state index contributed by atoms with van der Waals surface area (Å²) in [6.45, 7) is 6.68. The second-order valence-corrected chi connectivity index (χ2v) is 24.1. The summed E-state index contributed by atoms with van der Waals surface area (Å²) in [7, 11) is 0. The van der Waals surface area contributed by atoms with Crippen LogP contribution in [0, 0.1) is 0 Å². The topological polar surface area (TPSA) is 78.9 Å². The van der Waals surface area contributed by atoms with E-state index in [1.54, 1.807) is 0 Å². The van der Waals surface area contributed by atoms with E-state index >= 15 is 0 Å². The molecule has 6 nitrogen and oxygen atoms in total. The molecule has 1 unspecified atom stereocenters. The fourth-order valence-corrected chi connectivity index (χ4v) is 10.6. The van der Waals surface area contributed by atoms with Crippen molar-refractivity contribution in [1.82, 2.24) is 0 Å². The molecule has 1 atom stereocenters. The van der Waals surface area contributed by atoms with Gasteiger partial charge in [-0.15, -0.1) is 0 Å². The molecule has 0 aromatic heterocycles. The number of unbranched alkanes of at least 4 members (excludes halogenated alkanes) is 47. The lowest BCUT2D eigenvalue weighted by Crippen LogP contribution is -2.30. The number of hydrogen-bond acceptors (Lipinski definition) is 6. The molecule has 0 aliphatic heterocycles. The smallest absolute Gasteiger partial charge is 0.306 e. The van der Waals surface area contributed by atoms with Crippen molar-refractivity contribution in [3.63, 3.8) is 0 Å². The van der Waals surface area contributed by atoms with Crippen molar-refractivity contribution >= 4 is 17.9 Å². The molecule has 80 heavy (non-hydrogen) atoms. The normalized spacial score (nSPS) is 12.3. The SMILES string of the molecule is CCCCCCC/C=C\C/C=C\CCCCCCCCCCCCCCCCCC(=O)OCC(COC(=O)CCCCCCC/C=C\CCCCCCC)OC(=O)CCCCCCCCCCC/C=C\CCCCCCCCCC. The van der Waals surface area contributed by atoms with E-state index in [-0.39, 0.29) is 31.1 Å². The maximum Gasteiger partial charge on any atom is 0.306 e. The summed E-state index contributed by atoms with van der Waals surface area (Å²) in [6.07, 6.45) is 87.1. The predicted octanol–water partition coefficient (Wildman–Crippen LogP) is 24.5. The van der Waals surface area contributed by atoms with Gasteiger partial charge in [-0.25, -0.2) is 0 Å². The van der Waals surface area contributed by atoms with Gasteiger partial charge in [0.2, 0.25) is 0 Å². The first-order valence-corrected chi connectivity index (χ1v) is 35.6. The van der Waals surface area contributed by atoms with Crippen LogP contribution in [0.1, 0.15) is 387 Å². The first kappa shape index (κ1) is 77.4. The maximum absolute atomic E-state index is 13.0. The monoisotopic (exact) mass is 1120 g/mol. The van der Waals surface area contributed by atoms with Crippen molar-refractivity contribution in [2.75, 3.05) is 13.2 Å². The van der Waals surface area contributed by atoms with E-state index < -0.39 is 6.10 Å². The van der Waals surface area contributed by atoms with E-state index in [1.807, 2.05) is 0 Å². The maximum atomic E-state index is 13.0. The second-order valence-electron chi connectivity index (χ2n) is 24.1. The van der Waals surface area contributed by atoms with Crippen LogP contribution in [-0.4, -0.2) is 37.2 Å². The average Bonchev–Trinajstić information content (AvgIpc) is 3.46. The number of carbonyl (C=O) groups excluding carboxylic acids is 3. The Morgan fingerprint density at radius 3 is 0.700 bits per heavy atom.